The summed E-state index contributed by atoms with van der Waals surface area (Å²) in [6.45, 7) is 7.45. The van der Waals surface area contributed by atoms with E-state index in [1.54, 1.807) is 17.5 Å². The summed E-state index contributed by atoms with van der Waals surface area (Å²) in [7, 11) is 2.19. The first-order valence-corrected chi connectivity index (χ1v) is 13.3. The molecule has 1 aromatic heterocycles. The van der Waals surface area contributed by atoms with E-state index in [0.29, 0.717) is 0 Å². The quantitative estimate of drug-likeness (QED) is 0.396. The van der Waals surface area contributed by atoms with Crippen LogP contribution in [0, 0.1) is 5.92 Å². The van der Waals surface area contributed by atoms with Gasteiger partial charge in [-0.2, -0.15) is 0 Å². The minimum atomic E-state index is -0.0550. The molecule has 1 aliphatic carbocycles. The molecule has 1 saturated carbocycles. The van der Waals surface area contributed by atoms with Gasteiger partial charge in [0.15, 0.2) is 0 Å². The fourth-order valence-corrected chi connectivity index (χ4v) is 5.73. The maximum Gasteiger partial charge on any atom is 0.224 e. The van der Waals surface area contributed by atoms with Gasteiger partial charge < -0.3 is 5.32 Å². The fraction of sp³-hybridized carbons (Fsp3) is 0.448. The molecule has 34 heavy (non-hydrogen) atoms. The number of benzene rings is 2. The summed E-state index contributed by atoms with van der Waals surface area (Å²) in [4.78, 5) is 20.0. The van der Waals surface area contributed by atoms with Gasteiger partial charge in [-0.1, -0.05) is 67.4 Å². The van der Waals surface area contributed by atoms with E-state index < -0.39 is 0 Å². The maximum absolute atomic E-state index is 13.2. The van der Waals surface area contributed by atoms with Crippen LogP contribution in [0.15, 0.2) is 66.2 Å². The Hall–Kier alpha value is -2.50. The molecule has 0 saturated heterocycles. The second-order valence-corrected chi connectivity index (χ2v) is 11.0. The molecule has 3 atom stereocenters. The highest BCUT2D eigenvalue weighted by Gasteiger charge is 2.33. The van der Waals surface area contributed by atoms with Gasteiger partial charge in [0.1, 0.15) is 5.01 Å². The van der Waals surface area contributed by atoms with Gasteiger partial charge in [-0.05, 0) is 63.3 Å². The number of carbonyl (C=O) groups is 1. The van der Waals surface area contributed by atoms with Crippen molar-refractivity contribution in [1.29, 1.82) is 0 Å². The molecular formula is C29H37N3OS. The smallest absolute Gasteiger partial charge is 0.224 e. The average Bonchev–Trinajstić information content (AvgIpc) is 3.40. The molecule has 0 radical (unpaired) electrons. The van der Waals surface area contributed by atoms with Crippen molar-refractivity contribution in [1.82, 2.24) is 15.2 Å². The Morgan fingerprint density at radius 1 is 1.12 bits per heavy atom. The second-order valence-electron chi connectivity index (χ2n) is 10.1. The molecule has 2 aromatic carbocycles. The van der Waals surface area contributed by atoms with Crippen molar-refractivity contribution >= 4 is 17.2 Å². The second kappa shape index (κ2) is 10.8. The Kier molecular flexibility index (Phi) is 7.84. The highest BCUT2D eigenvalue weighted by molar-refractivity contribution is 7.09. The van der Waals surface area contributed by atoms with Crippen molar-refractivity contribution in [3.05, 3.63) is 87.9 Å². The Morgan fingerprint density at radius 2 is 1.82 bits per heavy atom. The van der Waals surface area contributed by atoms with Gasteiger partial charge in [-0.15, -0.1) is 11.3 Å². The molecule has 2 unspecified atom stereocenters. The average molecular weight is 476 g/mol. The van der Waals surface area contributed by atoms with Crippen LogP contribution in [0.5, 0.6) is 0 Å². The molecule has 3 aromatic rings. The molecule has 0 aliphatic heterocycles. The fourth-order valence-electron chi connectivity index (χ4n) is 5.08. The molecule has 1 fully saturated rings. The first-order chi connectivity index (χ1) is 16.4. The van der Waals surface area contributed by atoms with E-state index >= 15 is 0 Å². The predicted molar refractivity (Wildman–Crippen MR) is 141 cm³/mol. The highest BCUT2D eigenvalue weighted by Crippen LogP contribution is 2.38. The monoisotopic (exact) mass is 475 g/mol. The summed E-state index contributed by atoms with van der Waals surface area (Å²) in [6, 6.07) is 19.6. The van der Waals surface area contributed by atoms with Crippen LogP contribution in [0.2, 0.25) is 0 Å². The summed E-state index contributed by atoms with van der Waals surface area (Å²) >= 11 is 1.59. The van der Waals surface area contributed by atoms with Gasteiger partial charge >= 0.3 is 0 Å². The molecule has 0 spiro atoms. The van der Waals surface area contributed by atoms with Crippen LogP contribution in [0.25, 0.3) is 0 Å². The van der Waals surface area contributed by atoms with Crippen LogP contribution in [0.3, 0.4) is 0 Å². The Bertz CT molecular complexity index is 1050. The summed E-state index contributed by atoms with van der Waals surface area (Å²) in [5.41, 5.74) is 3.85. The molecule has 1 amide bonds. The summed E-state index contributed by atoms with van der Waals surface area (Å²) < 4.78 is 0. The van der Waals surface area contributed by atoms with Gasteiger partial charge in [0.2, 0.25) is 5.91 Å². The molecule has 4 nitrogen and oxygen atoms in total. The van der Waals surface area contributed by atoms with Crippen LogP contribution in [-0.2, 0) is 16.9 Å². The molecule has 0 bridgehead atoms. The first kappa shape index (κ1) is 24.6. The molecule has 4 rings (SSSR count). The van der Waals surface area contributed by atoms with E-state index in [0.717, 1.165) is 30.8 Å². The zero-order chi connectivity index (χ0) is 24.1. The van der Waals surface area contributed by atoms with Crippen LogP contribution in [0.4, 0.5) is 0 Å². The van der Waals surface area contributed by atoms with E-state index in [2.05, 4.69) is 90.7 Å². The first-order valence-electron chi connectivity index (χ1n) is 12.4. The highest BCUT2D eigenvalue weighted by atomic mass is 32.1. The van der Waals surface area contributed by atoms with Gasteiger partial charge in [0.25, 0.3) is 0 Å². The lowest BCUT2D eigenvalue weighted by molar-refractivity contribution is -0.127. The maximum atomic E-state index is 13.2. The molecule has 180 valence electrons. The van der Waals surface area contributed by atoms with E-state index in [4.69, 9.17) is 0 Å². The zero-order valence-corrected chi connectivity index (χ0v) is 21.6. The summed E-state index contributed by atoms with van der Waals surface area (Å²) in [5.74, 6) is 0.479. The van der Waals surface area contributed by atoms with E-state index in [9.17, 15) is 4.79 Å². The standard InChI is InChI=1S/C29H37N3OS/c1-21(28-30-18-19-34-28)31-27(33)26-13-9-8-12-25(26)23-16-14-22(15-17-23)20-32(4)29(2,3)24-10-6-5-7-11-24/h5-7,10-11,14-19,21,25-26H,8-9,12-13,20H2,1-4H3,(H,31,33)/t21?,25?,26-/m0/s1. The number of carbonyl (C=O) groups excluding carboxylic acids is 1. The Morgan fingerprint density at radius 3 is 2.50 bits per heavy atom. The lowest BCUT2D eigenvalue weighted by Gasteiger charge is -2.36. The van der Waals surface area contributed by atoms with Crippen LogP contribution >= 0.6 is 11.3 Å². The summed E-state index contributed by atoms with van der Waals surface area (Å²) in [5, 5.41) is 6.15. The molecule has 1 heterocycles. The third kappa shape index (κ3) is 5.59. The third-order valence-corrected chi connectivity index (χ3v) is 8.50. The van der Waals surface area contributed by atoms with Crippen LogP contribution in [-0.4, -0.2) is 22.8 Å². The minimum Gasteiger partial charge on any atom is -0.347 e. The van der Waals surface area contributed by atoms with Crippen molar-refractivity contribution in [2.45, 2.75) is 70.5 Å². The largest absolute Gasteiger partial charge is 0.347 e. The molecule has 1 aliphatic rings. The molecule has 5 heteroatoms. The Labute approximate surface area is 208 Å². The van der Waals surface area contributed by atoms with Gasteiger partial charge in [0.05, 0.1) is 6.04 Å². The minimum absolute atomic E-state index is 0.0294. The topological polar surface area (TPSA) is 45.2 Å². The van der Waals surface area contributed by atoms with E-state index in [1.165, 1.54) is 23.1 Å². The number of rotatable bonds is 8. The van der Waals surface area contributed by atoms with Gasteiger partial charge in [-0.25, -0.2) is 4.98 Å². The lowest BCUT2D eigenvalue weighted by Crippen LogP contribution is -2.38. The summed E-state index contributed by atoms with van der Waals surface area (Å²) in [6.07, 6.45) is 6.14. The number of thiazole rings is 1. The number of hydrogen-bond donors (Lipinski definition) is 1. The van der Waals surface area contributed by atoms with Gasteiger partial charge in [-0.3, -0.25) is 9.69 Å². The SMILES string of the molecule is CC(NC(=O)[C@H]1CCCCC1c1ccc(CN(C)C(C)(C)c2ccccc2)cc1)c1nccs1. The number of amides is 1. The van der Waals surface area contributed by atoms with E-state index in [1.807, 2.05) is 12.3 Å². The van der Waals surface area contributed by atoms with Crippen LogP contribution in [0.1, 0.15) is 80.1 Å². The van der Waals surface area contributed by atoms with Crippen molar-refractivity contribution in [2.75, 3.05) is 7.05 Å². The normalized spacial score (nSPS) is 19.7. The number of nitrogens with zero attached hydrogens (tertiary/aromatic N) is 2. The zero-order valence-electron chi connectivity index (χ0n) is 20.8. The third-order valence-electron chi connectivity index (χ3n) is 7.55. The van der Waals surface area contributed by atoms with Crippen molar-refractivity contribution in [2.24, 2.45) is 5.92 Å². The van der Waals surface area contributed by atoms with E-state index in [-0.39, 0.29) is 29.3 Å². The van der Waals surface area contributed by atoms with Crippen molar-refractivity contribution in [3.63, 3.8) is 0 Å². The van der Waals surface area contributed by atoms with Crippen molar-refractivity contribution in [3.8, 4) is 0 Å². The number of aromatic nitrogens is 1. The number of hydrogen-bond acceptors (Lipinski definition) is 4. The van der Waals surface area contributed by atoms with Gasteiger partial charge in [0, 0.05) is 29.6 Å². The van der Waals surface area contributed by atoms with Crippen LogP contribution < -0.4 is 5.32 Å². The van der Waals surface area contributed by atoms with Crippen molar-refractivity contribution < 1.29 is 4.79 Å². The Balaban J connectivity index is 1.42. The predicted octanol–water partition coefficient (Wildman–Crippen LogP) is 6.66. The molecule has 1 N–H and O–H groups in total. The number of nitrogens with one attached hydrogen (secondary N) is 1. The lowest BCUT2D eigenvalue weighted by atomic mass is 9.75. The molecular weight excluding hydrogens is 438 g/mol.